The second kappa shape index (κ2) is 6.15. The van der Waals surface area contributed by atoms with Crippen LogP contribution in [0.15, 0.2) is 57.9 Å². The van der Waals surface area contributed by atoms with Gasteiger partial charge in [-0.3, -0.25) is 9.93 Å². The molecule has 0 amide bonds. The molecule has 0 saturated carbocycles. The Morgan fingerprint density at radius 3 is 2.39 bits per heavy atom. The molecule has 3 rings (SSSR count). The number of hydrogen-bond donors (Lipinski definition) is 1. The highest BCUT2D eigenvalue weighted by molar-refractivity contribution is 9.10. The summed E-state index contributed by atoms with van der Waals surface area (Å²) in [5.41, 5.74) is 1.48. The average Bonchev–Trinajstić information content (AvgIpc) is 2.78. The Labute approximate surface area is 148 Å². The van der Waals surface area contributed by atoms with Gasteiger partial charge in [-0.25, -0.2) is 0 Å². The molecule has 0 unspecified atom stereocenters. The van der Waals surface area contributed by atoms with Gasteiger partial charge in [0.25, 0.3) is 0 Å². The largest absolute Gasteiger partial charge is 0.478 e. The minimum atomic E-state index is -0.867. The average molecular weight is 390 g/mol. The molecule has 3 nitrogen and oxygen atoms in total. The summed E-state index contributed by atoms with van der Waals surface area (Å²) in [4.78, 5) is 13.7. The molecule has 0 bridgehead atoms. The van der Waals surface area contributed by atoms with Crippen LogP contribution in [0, 0.1) is 0 Å². The Kier molecular flexibility index (Phi) is 4.36. The third kappa shape index (κ3) is 2.96. The number of Topliss-reactive ketones (excluding diaryl/α,β-unsaturated/α-hetero) is 1. The molecule has 0 spiro atoms. The highest BCUT2D eigenvalue weighted by Gasteiger charge is 2.42. The van der Waals surface area contributed by atoms with Crippen LogP contribution in [0.2, 0.25) is 0 Å². The monoisotopic (exact) mass is 389 g/mol. The van der Waals surface area contributed by atoms with Gasteiger partial charge in [-0.2, -0.15) is 0 Å². The first-order chi connectivity index (χ1) is 10.9. The number of nitrogens with two attached hydrogens (primary N) is 1. The number of ether oxygens (including phenoxy) is 1. The molecule has 118 valence electrons. The Morgan fingerprint density at radius 2 is 1.78 bits per heavy atom. The summed E-state index contributed by atoms with van der Waals surface area (Å²) in [6, 6.07) is 15.4. The van der Waals surface area contributed by atoms with Crippen LogP contribution >= 0.6 is 27.9 Å². The third-order valence-corrected chi connectivity index (χ3v) is 5.27. The zero-order chi connectivity index (χ0) is 16.6. The maximum absolute atomic E-state index is 12.8. The second-order valence-electron chi connectivity index (χ2n) is 5.77. The normalized spacial score (nSPS) is 16.6. The quantitative estimate of drug-likeness (QED) is 0.775. The summed E-state index contributed by atoms with van der Waals surface area (Å²) < 4.78 is 6.89. The van der Waals surface area contributed by atoms with E-state index in [9.17, 15) is 4.79 Å². The van der Waals surface area contributed by atoms with Gasteiger partial charge in [-0.15, -0.1) is 0 Å². The minimum Gasteiger partial charge on any atom is -0.478 e. The van der Waals surface area contributed by atoms with Crippen LogP contribution in [0.4, 0.5) is 0 Å². The van der Waals surface area contributed by atoms with Crippen LogP contribution in [-0.2, 0) is 9.53 Å². The Morgan fingerprint density at radius 1 is 1.09 bits per heavy atom. The van der Waals surface area contributed by atoms with Gasteiger partial charge in [-0.1, -0.05) is 30.3 Å². The fraction of sp³-hybridized carbons (Fsp3) is 0.167. The maximum Gasteiger partial charge on any atom is 0.210 e. The molecule has 0 fully saturated rings. The van der Waals surface area contributed by atoms with Gasteiger partial charge in [0.15, 0.2) is 5.60 Å². The molecule has 1 aliphatic rings. The van der Waals surface area contributed by atoms with Crippen molar-refractivity contribution in [2.24, 2.45) is 5.14 Å². The van der Waals surface area contributed by atoms with Crippen molar-refractivity contribution < 1.29 is 9.53 Å². The maximum atomic E-state index is 12.8. The first kappa shape index (κ1) is 16.3. The number of hydrogen-bond acceptors (Lipinski definition) is 4. The number of carbonyl (C=O) groups is 1. The SMILES string of the molecule is CC1(C)OC(c2ccc(SN)c(Br)c2)=C(c2ccccc2)C1=O. The van der Waals surface area contributed by atoms with Crippen LogP contribution in [0.25, 0.3) is 11.3 Å². The van der Waals surface area contributed by atoms with Crippen LogP contribution in [0.3, 0.4) is 0 Å². The first-order valence-electron chi connectivity index (χ1n) is 7.14. The topological polar surface area (TPSA) is 52.3 Å². The lowest BCUT2D eigenvalue weighted by Crippen LogP contribution is -2.29. The summed E-state index contributed by atoms with van der Waals surface area (Å²) in [6.45, 7) is 3.59. The van der Waals surface area contributed by atoms with Crippen molar-refractivity contribution in [3.8, 4) is 0 Å². The molecule has 0 aromatic heterocycles. The fourth-order valence-electron chi connectivity index (χ4n) is 2.56. The van der Waals surface area contributed by atoms with Gasteiger partial charge in [0.05, 0.1) is 5.57 Å². The number of ketones is 1. The van der Waals surface area contributed by atoms with E-state index in [1.165, 1.54) is 11.9 Å². The fourth-order valence-corrected chi connectivity index (χ4v) is 3.54. The second-order valence-corrected chi connectivity index (χ2v) is 7.30. The molecule has 1 heterocycles. The Balaban J connectivity index is 2.18. The molecule has 2 N–H and O–H groups in total. The highest BCUT2D eigenvalue weighted by Crippen LogP contribution is 2.42. The smallest absolute Gasteiger partial charge is 0.210 e. The summed E-state index contributed by atoms with van der Waals surface area (Å²) in [5.74, 6) is 0.604. The van der Waals surface area contributed by atoms with E-state index >= 15 is 0 Å². The first-order valence-corrected chi connectivity index (χ1v) is 8.81. The lowest BCUT2D eigenvalue weighted by molar-refractivity contribution is -0.125. The van der Waals surface area contributed by atoms with E-state index in [1.54, 1.807) is 13.8 Å². The number of carbonyl (C=O) groups excluding carboxylic acids is 1. The predicted octanol–water partition coefficient (Wildman–Crippen LogP) is 4.66. The van der Waals surface area contributed by atoms with Crippen LogP contribution < -0.4 is 5.14 Å². The van der Waals surface area contributed by atoms with E-state index in [-0.39, 0.29) is 5.78 Å². The summed E-state index contributed by atoms with van der Waals surface area (Å²) in [7, 11) is 0. The molecule has 0 saturated heterocycles. The van der Waals surface area contributed by atoms with E-state index in [0.29, 0.717) is 11.3 Å². The van der Waals surface area contributed by atoms with Gasteiger partial charge in [0, 0.05) is 14.9 Å². The molecular formula is C18H16BrNO2S. The van der Waals surface area contributed by atoms with E-state index in [4.69, 9.17) is 9.88 Å². The summed E-state index contributed by atoms with van der Waals surface area (Å²) in [6.07, 6.45) is 0. The lowest BCUT2D eigenvalue weighted by atomic mass is 9.93. The number of halogens is 1. The van der Waals surface area contributed by atoms with Crippen LogP contribution in [-0.4, -0.2) is 11.4 Å². The van der Waals surface area contributed by atoms with Crippen molar-refractivity contribution in [2.45, 2.75) is 24.3 Å². The van der Waals surface area contributed by atoms with E-state index in [1.807, 2.05) is 48.5 Å². The molecule has 5 heteroatoms. The van der Waals surface area contributed by atoms with Crippen molar-refractivity contribution >= 4 is 45.0 Å². The molecular weight excluding hydrogens is 374 g/mol. The van der Waals surface area contributed by atoms with Gasteiger partial charge in [0.2, 0.25) is 5.78 Å². The zero-order valence-corrected chi connectivity index (χ0v) is 15.2. The third-order valence-electron chi connectivity index (χ3n) is 3.74. The standard InChI is InChI=1S/C18H16BrNO2S/c1-18(2)17(21)15(11-6-4-3-5-7-11)16(22-18)12-8-9-14(23-20)13(19)10-12/h3-10H,20H2,1-2H3. The van der Waals surface area contributed by atoms with Crippen molar-refractivity contribution in [1.29, 1.82) is 0 Å². The Hall–Kier alpha value is -1.56. The molecule has 23 heavy (non-hydrogen) atoms. The van der Waals surface area contributed by atoms with Crippen molar-refractivity contribution in [1.82, 2.24) is 0 Å². The molecule has 0 radical (unpaired) electrons. The highest BCUT2D eigenvalue weighted by atomic mass is 79.9. The lowest BCUT2D eigenvalue weighted by Gasteiger charge is -2.18. The Bertz CT molecular complexity index is 800. The van der Waals surface area contributed by atoms with E-state index < -0.39 is 5.60 Å². The van der Waals surface area contributed by atoms with Gasteiger partial charge in [-0.05, 0) is 65.5 Å². The van der Waals surface area contributed by atoms with Crippen LogP contribution in [0.5, 0.6) is 0 Å². The summed E-state index contributed by atoms with van der Waals surface area (Å²) >= 11 is 4.68. The molecule has 1 aliphatic heterocycles. The number of rotatable bonds is 3. The van der Waals surface area contributed by atoms with Crippen molar-refractivity contribution in [3.63, 3.8) is 0 Å². The molecule has 2 aromatic rings. The molecule has 0 aliphatic carbocycles. The van der Waals surface area contributed by atoms with Crippen LogP contribution in [0.1, 0.15) is 25.0 Å². The minimum absolute atomic E-state index is 0.00732. The van der Waals surface area contributed by atoms with E-state index in [0.717, 1.165) is 20.5 Å². The van der Waals surface area contributed by atoms with Crippen molar-refractivity contribution in [2.75, 3.05) is 0 Å². The molecule has 2 aromatic carbocycles. The van der Waals surface area contributed by atoms with Gasteiger partial charge in [0.1, 0.15) is 5.76 Å². The molecule has 0 atom stereocenters. The van der Waals surface area contributed by atoms with Crippen molar-refractivity contribution in [3.05, 3.63) is 64.1 Å². The number of benzene rings is 2. The van der Waals surface area contributed by atoms with Gasteiger partial charge < -0.3 is 4.74 Å². The summed E-state index contributed by atoms with van der Waals surface area (Å²) in [5, 5.41) is 5.63. The van der Waals surface area contributed by atoms with Gasteiger partial charge >= 0.3 is 0 Å². The predicted molar refractivity (Wildman–Crippen MR) is 97.6 cm³/mol. The zero-order valence-electron chi connectivity index (χ0n) is 12.8. The van der Waals surface area contributed by atoms with E-state index in [2.05, 4.69) is 15.9 Å².